The van der Waals surface area contributed by atoms with Crippen LogP contribution in [0.5, 0.6) is 0 Å². The summed E-state index contributed by atoms with van der Waals surface area (Å²) in [6, 6.07) is 7.57. The third-order valence-electron chi connectivity index (χ3n) is 4.37. The highest BCUT2D eigenvalue weighted by atomic mass is 14.9. The van der Waals surface area contributed by atoms with E-state index in [1.165, 1.54) is 36.8 Å². The zero-order valence-electron chi connectivity index (χ0n) is 11.6. The molecule has 1 aliphatic carbocycles. The van der Waals surface area contributed by atoms with Crippen molar-refractivity contribution >= 4 is 0 Å². The molecule has 0 spiro atoms. The first kappa shape index (κ1) is 12.6. The van der Waals surface area contributed by atoms with Crippen molar-refractivity contribution in [3.63, 3.8) is 0 Å². The van der Waals surface area contributed by atoms with Gasteiger partial charge < -0.3 is 5.32 Å². The maximum atomic E-state index is 3.43. The average molecular weight is 231 g/mol. The minimum atomic E-state index is 0.492. The summed E-state index contributed by atoms with van der Waals surface area (Å²) >= 11 is 0. The molecule has 94 valence electrons. The Morgan fingerprint density at radius 3 is 2.76 bits per heavy atom. The van der Waals surface area contributed by atoms with Gasteiger partial charge in [0.15, 0.2) is 0 Å². The van der Waals surface area contributed by atoms with Crippen LogP contribution in [0.4, 0.5) is 0 Å². The zero-order chi connectivity index (χ0) is 12.5. The van der Waals surface area contributed by atoms with E-state index in [0.717, 1.165) is 6.04 Å². The molecule has 0 aromatic heterocycles. The molecule has 2 unspecified atom stereocenters. The highest BCUT2D eigenvalue weighted by molar-refractivity contribution is 5.31. The minimum Gasteiger partial charge on any atom is -0.317 e. The Balaban J connectivity index is 2.13. The maximum absolute atomic E-state index is 3.43. The fraction of sp³-hybridized carbons (Fsp3) is 0.625. The Morgan fingerprint density at radius 2 is 2.12 bits per heavy atom. The van der Waals surface area contributed by atoms with Crippen molar-refractivity contribution in [2.45, 2.75) is 52.5 Å². The van der Waals surface area contributed by atoms with Crippen LogP contribution >= 0.6 is 0 Å². The van der Waals surface area contributed by atoms with Gasteiger partial charge in [0.05, 0.1) is 0 Å². The number of benzene rings is 1. The Morgan fingerprint density at radius 1 is 1.35 bits per heavy atom. The lowest BCUT2D eigenvalue weighted by molar-refractivity contribution is 0.324. The van der Waals surface area contributed by atoms with Crippen LogP contribution in [0.1, 0.15) is 42.9 Å². The van der Waals surface area contributed by atoms with Crippen LogP contribution < -0.4 is 5.32 Å². The maximum Gasteiger partial charge on any atom is 0.00695 e. The third-order valence-corrected chi connectivity index (χ3v) is 4.37. The predicted octanol–water partition coefficient (Wildman–Crippen LogP) is 3.62. The second kappa shape index (κ2) is 4.81. The monoisotopic (exact) mass is 231 g/mol. The first-order valence-corrected chi connectivity index (χ1v) is 6.76. The third kappa shape index (κ3) is 2.90. The van der Waals surface area contributed by atoms with Crippen LogP contribution in [-0.2, 0) is 6.42 Å². The largest absolute Gasteiger partial charge is 0.317 e. The molecule has 1 heteroatoms. The fourth-order valence-corrected chi connectivity index (χ4v) is 3.18. The van der Waals surface area contributed by atoms with Crippen LogP contribution in [0.2, 0.25) is 0 Å². The lowest BCUT2D eigenvalue weighted by Gasteiger charge is -2.25. The van der Waals surface area contributed by atoms with Gasteiger partial charge in [0.2, 0.25) is 0 Å². The summed E-state index contributed by atoms with van der Waals surface area (Å²) in [5.74, 6) is 0. The van der Waals surface area contributed by atoms with E-state index >= 15 is 0 Å². The van der Waals surface area contributed by atoms with Gasteiger partial charge in [0.25, 0.3) is 0 Å². The highest BCUT2D eigenvalue weighted by Crippen LogP contribution is 2.41. The minimum absolute atomic E-state index is 0.492. The van der Waals surface area contributed by atoms with Crippen molar-refractivity contribution in [3.05, 3.63) is 34.9 Å². The van der Waals surface area contributed by atoms with Crippen LogP contribution in [0.15, 0.2) is 18.2 Å². The van der Waals surface area contributed by atoms with Crippen molar-refractivity contribution < 1.29 is 0 Å². The lowest BCUT2D eigenvalue weighted by Crippen LogP contribution is -2.24. The Kier molecular flexibility index (Phi) is 3.58. The van der Waals surface area contributed by atoms with Gasteiger partial charge in [-0.1, -0.05) is 30.7 Å². The van der Waals surface area contributed by atoms with E-state index in [-0.39, 0.29) is 0 Å². The van der Waals surface area contributed by atoms with Gasteiger partial charge in [-0.05, 0) is 63.1 Å². The van der Waals surface area contributed by atoms with E-state index in [4.69, 9.17) is 0 Å². The number of rotatable bonds is 3. The number of hydrogen-bond donors (Lipinski definition) is 1. The average Bonchev–Trinajstić information content (AvgIpc) is 2.66. The van der Waals surface area contributed by atoms with Crippen molar-refractivity contribution in [2.24, 2.45) is 5.41 Å². The molecule has 1 nitrogen and oxygen atoms in total. The highest BCUT2D eigenvalue weighted by Gasteiger charge is 2.34. The molecule has 0 heterocycles. The molecule has 1 fully saturated rings. The molecule has 17 heavy (non-hydrogen) atoms. The summed E-state index contributed by atoms with van der Waals surface area (Å²) in [5, 5.41) is 3.43. The molecular weight excluding hydrogens is 206 g/mol. The van der Waals surface area contributed by atoms with E-state index in [0.29, 0.717) is 5.41 Å². The number of hydrogen-bond acceptors (Lipinski definition) is 1. The van der Waals surface area contributed by atoms with Gasteiger partial charge in [0, 0.05) is 6.04 Å². The van der Waals surface area contributed by atoms with E-state index in [1.807, 2.05) is 0 Å². The van der Waals surface area contributed by atoms with Crippen molar-refractivity contribution in [3.8, 4) is 0 Å². The van der Waals surface area contributed by atoms with Crippen molar-refractivity contribution in [2.75, 3.05) is 7.05 Å². The Bertz CT molecular complexity index is 397. The molecule has 2 atom stereocenters. The molecule has 1 aliphatic rings. The number of nitrogens with one attached hydrogen (secondary N) is 1. The van der Waals surface area contributed by atoms with E-state index in [9.17, 15) is 0 Å². The fourth-order valence-electron chi connectivity index (χ4n) is 3.18. The topological polar surface area (TPSA) is 12.0 Å². The molecule has 1 aromatic carbocycles. The Labute approximate surface area is 106 Å². The number of aryl methyl sites for hydroxylation is 2. The van der Waals surface area contributed by atoms with Crippen LogP contribution in [0.3, 0.4) is 0 Å². The molecule has 1 N–H and O–H groups in total. The molecule has 1 aromatic rings. The summed E-state index contributed by atoms with van der Waals surface area (Å²) in [6.07, 6.45) is 5.24. The normalized spacial score (nSPS) is 28.6. The summed E-state index contributed by atoms with van der Waals surface area (Å²) in [4.78, 5) is 0. The van der Waals surface area contributed by atoms with Gasteiger partial charge in [-0.3, -0.25) is 0 Å². The Hall–Kier alpha value is -0.820. The molecule has 1 saturated carbocycles. The SMILES string of the molecule is CNC1CCC(C)(Cc2cc(C)ccc2C)C1. The van der Waals surface area contributed by atoms with Gasteiger partial charge in [-0.2, -0.15) is 0 Å². The summed E-state index contributed by atoms with van der Waals surface area (Å²) in [6.45, 7) is 6.88. The predicted molar refractivity (Wildman–Crippen MR) is 74.4 cm³/mol. The molecule has 2 rings (SSSR count). The second-order valence-corrected chi connectivity index (χ2v) is 6.15. The quantitative estimate of drug-likeness (QED) is 0.837. The second-order valence-electron chi connectivity index (χ2n) is 6.15. The van der Waals surface area contributed by atoms with E-state index in [1.54, 1.807) is 5.56 Å². The molecule has 0 aliphatic heterocycles. The van der Waals surface area contributed by atoms with Crippen LogP contribution in [0, 0.1) is 19.3 Å². The molecule has 0 saturated heterocycles. The summed E-state index contributed by atoms with van der Waals surface area (Å²) < 4.78 is 0. The molecule has 0 radical (unpaired) electrons. The van der Waals surface area contributed by atoms with E-state index in [2.05, 4.69) is 51.3 Å². The zero-order valence-corrected chi connectivity index (χ0v) is 11.6. The molecule has 0 bridgehead atoms. The van der Waals surface area contributed by atoms with Gasteiger partial charge >= 0.3 is 0 Å². The first-order valence-electron chi connectivity index (χ1n) is 6.76. The van der Waals surface area contributed by atoms with Gasteiger partial charge in [0.1, 0.15) is 0 Å². The van der Waals surface area contributed by atoms with Gasteiger partial charge in [-0.15, -0.1) is 0 Å². The van der Waals surface area contributed by atoms with E-state index < -0.39 is 0 Å². The standard InChI is InChI=1S/C16H25N/c1-12-5-6-13(2)14(9-12)10-16(3)8-7-15(11-16)17-4/h5-6,9,15,17H,7-8,10-11H2,1-4H3. The summed E-state index contributed by atoms with van der Waals surface area (Å²) in [7, 11) is 2.09. The van der Waals surface area contributed by atoms with Crippen LogP contribution in [0.25, 0.3) is 0 Å². The van der Waals surface area contributed by atoms with Crippen molar-refractivity contribution in [1.82, 2.24) is 5.32 Å². The first-order chi connectivity index (χ1) is 8.02. The van der Waals surface area contributed by atoms with Gasteiger partial charge in [-0.25, -0.2) is 0 Å². The molecule has 0 amide bonds. The lowest BCUT2D eigenvalue weighted by atomic mass is 9.80. The smallest absolute Gasteiger partial charge is 0.00695 e. The van der Waals surface area contributed by atoms with Crippen molar-refractivity contribution in [1.29, 1.82) is 0 Å². The molecular formula is C16H25N. The van der Waals surface area contributed by atoms with Crippen LogP contribution in [-0.4, -0.2) is 13.1 Å². The summed E-state index contributed by atoms with van der Waals surface area (Å²) in [5.41, 5.74) is 4.87.